The number of nitrogens with one attached hydrogen (secondary N) is 2. The molecule has 0 aromatic heterocycles. The third-order valence-corrected chi connectivity index (χ3v) is 3.00. The van der Waals surface area contributed by atoms with E-state index in [-0.39, 0.29) is 17.7 Å². The Bertz CT molecular complexity index is 453. The van der Waals surface area contributed by atoms with Crippen LogP contribution in [0.3, 0.4) is 0 Å². The quantitative estimate of drug-likeness (QED) is 0.791. The van der Waals surface area contributed by atoms with Crippen LogP contribution < -0.4 is 10.9 Å². The average molecular weight is 246 g/mol. The Hall–Kier alpha value is -1.84. The zero-order valence-electron chi connectivity index (χ0n) is 10.5. The van der Waals surface area contributed by atoms with Crippen molar-refractivity contribution < 1.29 is 9.59 Å². The van der Waals surface area contributed by atoms with Gasteiger partial charge in [0.2, 0.25) is 11.8 Å². The lowest BCUT2D eigenvalue weighted by Gasteiger charge is -2.06. The van der Waals surface area contributed by atoms with Gasteiger partial charge in [0.25, 0.3) is 0 Å². The molecule has 4 nitrogen and oxygen atoms in total. The van der Waals surface area contributed by atoms with E-state index in [9.17, 15) is 9.59 Å². The van der Waals surface area contributed by atoms with E-state index in [0.29, 0.717) is 12.8 Å². The molecule has 0 saturated heterocycles. The van der Waals surface area contributed by atoms with Gasteiger partial charge < -0.3 is 0 Å². The van der Waals surface area contributed by atoms with Gasteiger partial charge in [-0.15, -0.1) is 0 Å². The molecule has 0 unspecified atom stereocenters. The first-order chi connectivity index (χ1) is 8.65. The molecule has 1 aliphatic rings. The Morgan fingerprint density at radius 1 is 1.28 bits per heavy atom. The van der Waals surface area contributed by atoms with Crippen molar-refractivity contribution in [3.8, 4) is 0 Å². The predicted molar refractivity (Wildman–Crippen MR) is 68.5 cm³/mol. The first kappa shape index (κ1) is 12.6. The maximum absolute atomic E-state index is 11.5. The Labute approximate surface area is 107 Å². The molecule has 18 heavy (non-hydrogen) atoms. The Kier molecular flexibility index (Phi) is 3.97. The molecule has 1 aromatic rings. The predicted octanol–water partition coefficient (Wildman–Crippen LogP) is 1.49. The minimum atomic E-state index is -0.148. The Morgan fingerprint density at radius 2 is 2.06 bits per heavy atom. The van der Waals surface area contributed by atoms with Gasteiger partial charge in [0.05, 0.1) is 0 Å². The van der Waals surface area contributed by atoms with E-state index in [4.69, 9.17) is 0 Å². The molecule has 96 valence electrons. The van der Waals surface area contributed by atoms with Crippen LogP contribution in [0.15, 0.2) is 24.3 Å². The summed E-state index contributed by atoms with van der Waals surface area (Å²) < 4.78 is 0. The fourth-order valence-electron chi connectivity index (χ4n) is 1.77. The molecule has 1 saturated carbocycles. The first-order valence-electron chi connectivity index (χ1n) is 6.29. The lowest BCUT2D eigenvalue weighted by Crippen LogP contribution is -2.42. The Balaban J connectivity index is 1.69. The molecule has 0 spiro atoms. The summed E-state index contributed by atoms with van der Waals surface area (Å²) in [5, 5.41) is 0. The summed E-state index contributed by atoms with van der Waals surface area (Å²) in [6.45, 7) is 2.03. The second kappa shape index (κ2) is 5.67. The van der Waals surface area contributed by atoms with Crippen molar-refractivity contribution in [3.05, 3.63) is 35.4 Å². The largest absolute Gasteiger partial charge is 0.273 e. The van der Waals surface area contributed by atoms with Crippen LogP contribution in [0.5, 0.6) is 0 Å². The van der Waals surface area contributed by atoms with E-state index >= 15 is 0 Å². The number of amides is 2. The summed E-state index contributed by atoms with van der Waals surface area (Å²) in [6, 6.07) is 8.08. The maximum Gasteiger partial charge on any atom is 0.241 e. The number of hydrogen-bond donors (Lipinski definition) is 2. The van der Waals surface area contributed by atoms with E-state index in [0.717, 1.165) is 18.4 Å². The lowest BCUT2D eigenvalue weighted by molar-refractivity contribution is -0.129. The minimum absolute atomic E-state index is 0.0705. The summed E-state index contributed by atoms with van der Waals surface area (Å²) in [4.78, 5) is 22.8. The van der Waals surface area contributed by atoms with Crippen molar-refractivity contribution in [1.29, 1.82) is 0 Å². The molecule has 1 fully saturated rings. The zero-order chi connectivity index (χ0) is 13.0. The van der Waals surface area contributed by atoms with Crippen LogP contribution in [0.25, 0.3) is 0 Å². The number of hydrazine groups is 1. The van der Waals surface area contributed by atoms with Crippen LogP contribution in [-0.2, 0) is 16.0 Å². The molecule has 0 aliphatic heterocycles. The molecule has 1 aliphatic carbocycles. The van der Waals surface area contributed by atoms with Crippen LogP contribution in [0.4, 0.5) is 0 Å². The molecular weight excluding hydrogens is 228 g/mol. The molecule has 4 heteroatoms. The molecular formula is C14H18N2O2. The van der Waals surface area contributed by atoms with Gasteiger partial charge in [0.15, 0.2) is 0 Å². The normalized spacial score (nSPS) is 14.1. The Morgan fingerprint density at radius 3 is 2.72 bits per heavy atom. The van der Waals surface area contributed by atoms with Gasteiger partial charge in [-0.25, -0.2) is 0 Å². The summed E-state index contributed by atoms with van der Waals surface area (Å²) in [5.41, 5.74) is 7.23. The second-order valence-corrected chi connectivity index (χ2v) is 4.80. The van der Waals surface area contributed by atoms with Crippen molar-refractivity contribution in [2.45, 2.75) is 32.6 Å². The molecule has 0 radical (unpaired) electrons. The van der Waals surface area contributed by atoms with Crippen LogP contribution in [0.2, 0.25) is 0 Å². The highest BCUT2D eigenvalue weighted by molar-refractivity contribution is 5.84. The van der Waals surface area contributed by atoms with E-state index in [1.807, 2.05) is 25.1 Å². The maximum atomic E-state index is 11.5. The topological polar surface area (TPSA) is 58.2 Å². The van der Waals surface area contributed by atoms with E-state index in [1.54, 1.807) is 0 Å². The van der Waals surface area contributed by atoms with Crippen molar-refractivity contribution >= 4 is 11.8 Å². The fourth-order valence-corrected chi connectivity index (χ4v) is 1.77. The smallest absolute Gasteiger partial charge is 0.241 e. The van der Waals surface area contributed by atoms with Gasteiger partial charge in [-0.1, -0.05) is 29.8 Å². The zero-order valence-corrected chi connectivity index (χ0v) is 10.5. The second-order valence-electron chi connectivity index (χ2n) is 4.80. The van der Waals surface area contributed by atoms with Crippen LogP contribution in [0.1, 0.15) is 30.4 Å². The van der Waals surface area contributed by atoms with Gasteiger partial charge in [-0.05, 0) is 31.7 Å². The first-order valence-corrected chi connectivity index (χ1v) is 6.29. The number of rotatable bonds is 4. The number of aryl methyl sites for hydroxylation is 2. The van der Waals surface area contributed by atoms with Crippen LogP contribution >= 0.6 is 0 Å². The molecule has 2 N–H and O–H groups in total. The average Bonchev–Trinajstić information content (AvgIpc) is 3.17. The molecule has 0 heterocycles. The molecule has 2 rings (SSSR count). The van der Waals surface area contributed by atoms with Crippen molar-refractivity contribution in [1.82, 2.24) is 10.9 Å². The van der Waals surface area contributed by atoms with Gasteiger partial charge in [-0.2, -0.15) is 0 Å². The summed E-state index contributed by atoms with van der Waals surface area (Å²) >= 11 is 0. The van der Waals surface area contributed by atoms with Gasteiger partial charge >= 0.3 is 0 Å². The third kappa shape index (κ3) is 3.87. The van der Waals surface area contributed by atoms with Crippen LogP contribution in [0, 0.1) is 12.8 Å². The van der Waals surface area contributed by atoms with E-state index in [2.05, 4.69) is 16.9 Å². The molecule has 2 amide bonds. The van der Waals surface area contributed by atoms with Gasteiger partial charge in [0, 0.05) is 12.3 Å². The summed E-state index contributed by atoms with van der Waals surface area (Å²) in [5.74, 6) is -0.105. The number of benzene rings is 1. The highest BCUT2D eigenvalue weighted by atomic mass is 16.2. The standard InChI is InChI=1S/C14H18N2O2/c1-10-3-2-4-11(9-10)5-8-13(17)15-16-14(18)12-6-7-12/h2-4,9,12H,5-8H2,1H3,(H,15,17)(H,16,18). The summed E-state index contributed by atoms with van der Waals surface area (Å²) in [6.07, 6.45) is 2.94. The molecule has 0 atom stereocenters. The van der Waals surface area contributed by atoms with Gasteiger partial charge in [0.1, 0.15) is 0 Å². The van der Waals surface area contributed by atoms with Gasteiger partial charge in [-0.3, -0.25) is 20.4 Å². The number of hydrogen-bond acceptors (Lipinski definition) is 2. The lowest BCUT2D eigenvalue weighted by atomic mass is 10.1. The van der Waals surface area contributed by atoms with E-state index < -0.39 is 0 Å². The number of carbonyl (C=O) groups is 2. The SMILES string of the molecule is Cc1cccc(CCC(=O)NNC(=O)C2CC2)c1. The minimum Gasteiger partial charge on any atom is -0.273 e. The van der Waals surface area contributed by atoms with Crippen LogP contribution in [-0.4, -0.2) is 11.8 Å². The molecule has 1 aromatic carbocycles. The fraction of sp³-hybridized carbons (Fsp3) is 0.429. The third-order valence-electron chi connectivity index (χ3n) is 3.00. The van der Waals surface area contributed by atoms with Crippen molar-refractivity contribution in [3.63, 3.8) is 0 Å². The van der Waals surface area contributed by atoms with Crippen molar-refractivity contribution in [2.24, 2.45) is 5.92 Å². The highest BCUT2D eigenvalue weighted by Gasteiger charge is 2.29. The van der Waals surface area contributed by atoms with E-state index in [1.165, 1.54) is 5.56 Å². The highest BCUT2D eigenvalue weighted by Crippen LogP contribution is 2.28. The summed E-state index contributed by atoms with van der Waals surface area (Å²) in [7, 11) is 0. The monoisotopic (exact) mass is 246 g/mol. The van der Waals surface area contributed by atoms with Crippen molar-refractivity contribution in [2.75, 3.05) is 0 Å². The molecule has 0 bridgehead atoms. The number of carbonyl (C=O) groups excluding carboxylic acids is 2.